The third kappa shape index (κ3) is 4.18. The molecule has 1 atom stereocenters. The van der Waals surface area contributed by atoms with Crippen molar-refractivity contribution >= 4 is 17.4 Å². The third-order valence-electron chi connectivity index (χ3n) is 4.27. The predicted octanol–water partition coefficient (Wildman–Crippen LogP) is 4.47. The van der Waals surface area contributed by atoms with Crippen molar-refractivity contribution < 1.29 is 9.53 Å². The van der Waals surface area contributed by atoms with Crippen LogP contribution < -0.4 is 10.1 Å². The van der Waals surface area contributed by atoms with Crippen LogP contribution in [0.1, 0.15) is 29.9 Å². The Balaban J connectivity index is 1.65. The quantitative estimate of drug-likeness (QED) is 0.872. The van der Waals surface area contributed by atoms with Crippen LogP contribution in [-0.4, -0.2) is 12.9 Å². The fraction of sp³-hybridized carbons (Fsp3) is 0.250. The van der Waals surface area contributed by atoms with E-state index in [4.69, 9.17) is 16.3 Å². The second-order valence-corrected chi connectivity index (χ2v) is 6.43. The number of rotatable bonds is 5. The van der Waals surface area contributed by atoms with Gasteiger partial charge in [-0.05, 0) is 47.7 Å². The van der Waals surface area contributed by atoms with Gasteiger partial charge in [-0.2, -0.15) is 0 Å². The van der Waals surface area contributed by atoms with E-state index in [1.165, 1.54) is 5.56 Å². The summed E-state index contributed by atoms with van der Waals surface area (Å²) in [6.45, 7) is 0.686. The average molecular weight is 342 g/mol. The first kappa shape index (κ1) is 16.6. The van der Waals surface area contributed by atoms with Gasteiger partial charge in [0.05, 0.1) is 7.11 Å². The summed E-state index contributed by atoms with van der Waals surface area (Å²) in [7, 11) is 1.65. The lowest BCUT2D eigenvalue weighted by molar-refractivity contribution is -0.115. The lowest BCUT2D eigenvalue weighted by Crippen LogP contribution is -2.21. The number of ether oxygens (including phenoxy) is 1. The molecular weight excluding hydrogens is 322 g/mol. The largest absolute Gasteiger partial charge is 0.497 e. The number of methoxy groups -OCH3 is 1. The SMILES string of the molecule is COc1ccc([C@H]2CC(=O)C=C(NCc3ccc(Cl)cc3)C2)cc1. The van der Waals surface area contributed by atoms with Crippen molar-refractivity contribution in [1.82, 2.24) is 5.32 Å². The number of nitrogens with one attached hydrogen (secondary N) is 1. The Kier molecular flexibility index (Phi) is 5.21. The normalized spacial score (nSPS) is 17.3. The van der Waals surface area contributed by atoms with Gasteiger partial charge >= 0.3 is 0 Å². The Morgan fingerprint density at radius 2 is 1.79 bits per heavy atom. The van der Waals surface area contributed by atoms with E-state index in [0.29, 0.717) is 13.0 Å². The van der Waals surface area contributed by atoms with Crippen LogP contribution >= 0.6 is 11.6 Å². The molecule has 24 heavy (non-hydrogen) atoms. The summed E-state index contributed by atoms with van der Waals surface area (Å²) in [5, 5.41) is 4.11. The zero-order chi connectivity index (χ0) is 16.9. The topological polar surface area (TPSA) is 38.3 Å². The maximum Gasteiger partial charge on any atom is 0.158 e. The molecule has 0 spiro atoms. The van der Waals surface area contributed by atoms with Gasteiger partial charge in [0.1, 0.15) is 5.75 Å². The molecule has 0 radical (unpaired) electrons. The smallest absolute Gasteiger partial charge is 0.158 e. The van der Waals surface area contributed by atoms with Crippen molar-refractivity contribution in [3.63, 3.8) is 0 Å². The van der Waals surface area contributed by atoms with Crippen molar-refractivity contribution in [1.29, 1.82) is 0 Å². The maximum absolute atomic E-state index is 12.1. The Morgan fingerprint density at radius 1 is 1.08 bits per heavy atom. The fourth-order valence-corrected chi connectivity index (χ4v) is 3.07. The van der Waals surface area contributed by atoms with Crippen molar-refractivity contribution in [3.8, 4) is 5.75 Å². The lowest BCUT2D eigenvalue weighted by Gasteiger charge is -2.23. The number of allylic oxidation sites excluding steroid dienone is 2. The van der Waals surface area contributed by atoms with Crippen LogP contribution in [0.25, 0.3) is 0 Å². The van der Waals surface area contributed by atoms with Gasteiger partial charge in [-0.15, -0.1) is 0 Å². The van der Waals surface area contributed by atoms with Crippen LogP contribution in [0, 0.1) is 0 Å². The summed E-state index contributed by atoms with van der Waals surface area (Å²) in [5.74, 6) is 1.21. The van der Waals surface area contributed by atoms with Gasteiger partial charge in [0.25, 0.3) is 0 Å². The number of carbonyl (C=O) groups is 1. The molecule has 1 N–H and O–H groups in total. The molecule has 0 aromatic heterocycles. The predicted molar refractivity (Wildman–Crippen MR) is 96.4 cm³/mol. The molecule has 0 saturated carbocycles. The zero-order valence-electron chi connectivity index (χ0n) is 13.6. The monoisotopic (exact) mass is 341 g/mol. The molecule has 0 fully saturated rings. The minimum Gasteiger partial charge on any atom is -0.497 e. The van der Waals surface area contributed by atoms with Crippen molar-refractivity contribution in [3.05, 3.63) is 76.5 Å². The zero-order valence-corrected chi connectivity index (χ0v) is 14.3. The molecule has 4 heteroatoms. The first-order valence-corrected chi connectivity index (χ1v) is 8.37. The highest BCUT2D eigenvalue weighted by molar-refractivity contribution is 6.30. The van der Waals surface area contributed by atoms with Crippen molar-refractivity contribution in [2.45, 2.75) is 25.3 Å². The molecule has 0 unspecified atom stereocenters. The molecule has 124 valence electrons. The number of ketones is 1. The van der Waals surface area contributed by atoms with Gasteiger partial charge in [0.2, 0.25) is 0 Å². The molecule has 0 saturated heterocycles. The summed E-state index contributed by atoms with van der Waals surface area (Å²) < 4.78 is 5.19. The van der Waals surface area contributed by atoms with Gasteiger partial charge in [-0.25, -0.2) is 0 Å². The summed E-state index contributed by atoms with van der Waals surface area (Å²) in [6, 6.07) is 15.7. The van der Waals surface area contributed by atoms with Crippen LogP contribution in [0.2, 0.25) is 5.02 Å². The first-order valence-electron chi connectivity index (χ1n) is 7.99. The fourth-order valence-electron chi connectivity index (χ4n) is 2.95. The van der Waals surface area contributed by atoms with Gasteiger partial charge in [-0.3, -0.25) is 4.79 Å². The van der Waals surface area contributed by atoms with Gasteiger partial charge < -0.3 is 10.1 Å². The van der Waals surface area contributed by atoms with E-state index in [1.54, 1.807) is 13.2 Å². The van der Waals surface area contributed by atoms with Crippen LogP contribution in [0.5, 0.6) is 5.75 Å². The summed E-state index contributed by atoms with van der Waals surface area (Å²) in [4.78, 5) is 12.1. The molecule has 0 heterocycles. The molecule has 0 amide bonds. The van der Waals surface area contributed by atoms with Crippen LogP contribution in [-0.2, 0) is 11.3 Å². The second kappa shape index (κ2) is 7.54. The van der Waals surface area contributed by atoms with Crippen molar-refractivity contribution in [2.24, 2.45) is 0 Å². The molecule has 3 nitrogen and oxygen atoms in total. The van der Waals surface area contributed by atoms with E-state index in [0.717, 1.165) is 28.5 Å². The highest BCUT2D eigenvalue weighted by Gasteiger charge is 2.22. The molecule has 0 aliphatic heterocycles. The molecule has 2 aromatic rings. The minimum absolute atomic E-state index is 0.167. The Hall–Kier alpha value is -2.26. The minimum atomic E-state index is 0.167. The number of hydrogen-bond acceptors (Lipinski definition) is 3. The van der Waals surface area contributed by atoms with Crippen LogP contribution in [0.15, 0.2) is 60.3 Å². The number of hydrogen-bond donors (Lipinski definition) is 1. The number of benzene rings is 2. The summed E-state index contributed by atoms with van der Waals surface area (Å²) >= 11 is 5.90. The van der Waals surface area contributed by atoms with Crippen molar-refractivity contribution in [2.75, 3.05) is 7.11 Å². The second-order valence-electron chi connectivity index (χ2n) is 5.99. The Bertz CT molecular complexity index is 735. The van der Waals surface area contributed by atoms with E-state index in [-0.39, 0.29) is 11.7 Å². The molecule has 1 aliphatic rings. The van der Waals surface area contributed by atoms with Gasteiger partial charge in [0, 0.05) is 29.8 Å². The van der Waals surface area contributed by atoms with E-state index in [2.05, 4.69) is 5.32 Å². The molecule has 0 bridgehead atoms. The number of carbonyl (C=O) groups excluding carboxylic acids is 1. The highest BCUT2D eigenvalue weighted by atomic mass is 35.5. The standard InChI is InChI=1S/C20H20ClNO2/c1-24-20-8-4-15(5-9-20)16-10-18(12-19(23)11-16)22-13-14-2-6-17(21)7-3-14/h2-9,12,16,22H,10-11,13H2,1H3/t16-/m1/s1. The van der Waals surface area contributed by atoms with Crippen LogP contribution in [0.3, 0.4) is 0 Å². The Labute approximate surface area is 147 Å². The maximum atomic E-state index is 12.1. The molecule has 2 aromatic carbocycles. The highest BCUT2D eigenvalue weighted by Crippen LogP contribution is 2.31. The van der Waals surface area contributed by atoms with Gasteiger partial charge in [-0.1, -0.05) is 35.9 Å². The first-order chi connectivity index (χ1) is 11.6. The average Bonchev–Trinajstić information content (AvgIpc) is 2.61. The molecule has 3 rings (SSSR count). The summed E-state index contributed by atoms with van der Waals surface area (Å²) in [5.41, 5.74) is 3.30. The van der Waals surface area contributed by atoms with Crippen LogP contribution in [0.4, 0.5) is 0 Å². The van der Waals surface area contributed by atoms with E-state index in [1.807, 2.05) is 48.5 Å². The summed E-state index contributed by atoms with van der Waals surface area (Å²) in [6.07, 6.45) is 3.13. The lowest BCUT2D eigenvalue weighted by atomic mass is 9.85. The Morgan fingerprint density at radius 3 is 2.46 bits per heavy atom. The number of halogens is 1. The van der Waals surface area contributed by atoms with E-state index in [9.17, 15) is 4.79 Å². The third-order valence-corrected chi connectivity index (χ3v) is 4.52. The van der Waals surface area contributed by atoms with E-state index < -0.39 is 0 Å². The molecular formula is C20H20ClNO2. The molecule has 1 aliphatic carbocycles. The van der Waals surface area contributed by atoms with Gasteiger partial charge in [0.15, 0.2) is 5.78 Å². The van der Waals surface area contributed by atoms with E-state index >= 15 is 0 Å².